The monoisotopic (exact) mass is 800 g/mol. The molecule has 1 spiro atoms. The maximum Gasteiger partial charge on any atom is 0.0991 e. The summed E-state index contributed by atoms with van der Waals surface area (Å²) in [6, 6.07) is 82.2. The van der Waals surface area contributed by atoms with Gasteiger partial charge in [-0.25, -0.2) is 0 Å². The van der Waals surface area contributed by atoms with Crippen molar-refractivity contribution in [3.8, 4) is 34.4 Å². The van der Waals surface area contributed by atoms with Gasteiger partial charge in [-0.05, 0) is 164 Å². The average molecular weight is 801 g/mol. The van der Waals surface area contributed by atoms with Crippen LogP contribution in [0.2, 0.25) is 0 Å². The lowest BCUT2D eigenvalue weighted by molar-refractivity contribution is 0.795. The lowest BCUT2D eigenvalue weighted by atomic mass is 9.70. The molecule has 2 aliphatic carbocycles. The van der Waals surface area contributed by atoms with E-state index in [4.69, 9.17) is 0 Å². The summed E-state index contributed by atoms with van der Waals surface area (Å²) < 4.78 is 0. The smallest absolute Gasteiger partial charge is 0.0991 e. The van der Waals surface area contributed by atoms with E-state index in [0.29, 0.717) is 11.1 Å². The van der Waals surface area contributed by atoms with Crippen LogP contribution in [-0.2, 0) is 5.41 Å². The molecule has 0 saturated carbocycles. The molecule has 0 radical (unpaired) electrons. The van der Waals surface area contributed by atoms with E-state index in [2.05, 4.69) is 198 Å². The van der Waals surface area contributed by atoms with E-state index in [0.717, 1.165) is 50.3 Å². The summed E-state index contributed by atoms with van der Waals surface area (Å²) in [6.45, 7) is 0. The number of anilines is 6. The van der Waals surface area contributed by atoms with Crippen LogP contribution in [0.5, 0.6) is 0 Å². The van der Waals surface area contributed by atoms with Crippen molar-refractivity contribution in [2.24, 2.45) is 0 Å². The predicted molar refractivity (Wildman–Crippen MR) is 257 cm³/mol. The summed E-state index contributed by atoms with van der Waals surface area (Å²) in [5.74, 6) is 0. The second-order valence-corrected chi connectivity index (χ2v) is 16.3. The minimum atomic E-state index is -0.625. The quantitative estimate of drug-likeness (QED) is 0.168. The second-order valence-electron chi connectivity index (χ2n) is 16.3. The Kier molecular flexibility index (Phi) is 8.16. The van der Waals surface area contributed by atoms with Crippen molar-refractivity contribution in [2.45, 2.75) is 5.41 Å². The zero-order chi connectivity index (χ0) is 42.1. The largest absolute Gasteiger partial charge is 0.310 e. The summed E-state index contributed by atoms with van der Waals surface area (Å²) in [7, 11) is 0. The Bertz CT molecular complexity index is 3480. The third-order valence-corrected chi connectivity index (χ3v) is 13.0. The number of hydrogen-bond acceptors (Lipinski definition) is 4. The SMILES string of the molecule is N#Cc1ccc(N(c2ccccc2)c2ccc3cc4c(cc3c2)C2(c3ccccc3-c3ccccc32)c2cc(N(c3ccccc3)c3ccc(C#N)cc3)c3ccccc3c2-4)cc1. The summed E-state index contributed by atoms with van der Waals surface area (Å²) in [5.41, 5.74) is 16.8. The number of hydrogen-bond donors (Lipinski definition) is 0. The van der Waals surface area contributed by atoms with Crippen molar-refractivity contribution in [3.63, 3.8) is 0 Å². The summed E-state index contributed by atoms with van der Waals surface area (Å²) >= 11 is 0. The predicted octanol–water partition coefficient (Wildman–Crippen LogP) is 15.0. The first-order valence-electron chi connectivity index (χ1n) is 21.2. The molecule has 10 aromatic rings. The lowest BCUT2D eigenvalue weighted by Crippen LogP contribution is -2.26. The molecule has 292 valence electrons. The molecule has 63 heavy (non-hydrogen) atoms. The van der Waals surface area contributed by atoms with E-state index in [1.54, 1.807) is 0 Å². The first kappa shape index (κ1) is 36.2. The number of fused-ring (bicyclic) bond motifs is 13. The van der Waals surface area contributed by atoms with E-state index in [9.17, 15) is 10.5 Å². The second kappa shape index (κ2) is 14.2. The molecule has 10 aromatic carbocycles. The zero-order valence-electron chi connectivity index (χ0n) is 34.1. The highest BCUT2D eigenvalue weighted by atomic mass is 15.1. The van der Waals surface area contributed by atoms with Gasteiger partial charge in [0.25, 0.3) is 0 Å². The molecule has 0 fully saturated rings. The van der Waals surface area contributed by atoms with Gasteiger partial charge in [0, 0.05) is 33.8 Å². The summed E-state index contributed by atoms with van der Waals surface area (Å²) in [6.07, 6.45) is 0. The zero-order valence-corrected chi connectivity index (χ0v) is 34.1. The highest BCUT2D eigenvalue weighted by Crippen LogP contribution is 2.65. The fourth-order valence-electron chi connectivity index (χ4n) is 10.4. The molecule has 0 unspecified atom stereocenters. The molecule has 12 rings (SSSR count). The van der Waals surface area contributed by atoms with Crippen molar-refractivity contribution in [3.05, 3.63) is 252 Å². The average Bonchev–Trinajstić information content (AvgIpc) is 3.81. The molecule has 0 atom stereocenters. The van der Waals surface area contributed by atoms with Crippen molar-refractivity contribution < 1.29 is 0 Å². The van der Waals surface area contributed by atoms with Gasteiger partial charge in [0.1, 0.15) is 0 Å². The third-order valence-electron chi connectivity index (χ3n) is 13.0. The molecule has 0 bridgehead atoms. The molecule has 0 heterocycles. The molecule has 0 N–H and O–H groups in total. The van der Waals surface area contributed by atoms with Gasteiger partial charge in [0.15, 0.2) is 0 Å². The van der Waals surface area contributed by atoms with Gasteiger partial charge < -0.3 is 9.80 Å². The maximum absolute atomic E-state index is 9.77. The Morgan fingerprint density at radius 2 is 0.825 bits per heavy atom. The van der Waals surface area contributed by atoms with Crippen LogP contribution in [0.15, 0.2) is 218 Å². The Hall–Kier alpha value is -8.70. The molecule has 0 aromatic heterocycles. The number of nitrogens with zero attached hydrogens (tertiary/aromatic N) is 4. The van der Waals surface area contributed by atoms with Crippen LogP contribution in [-0.4, -0.2) is 0 Å². The van der Waals surface area contributed by atoms with Crippen LogP contribution >= 0.6 is 0 Å². The van der Waals surface area contributed by atoms with Crippen LogP contribution in [0, 0.1) is 22.7 Å². The van der Waals surface area contributed by atoms with Crippen molar-refractivity contribution in [1.82, 2.24) is 0 Å². The normalized spacial score (nSPS) is 12.5. The Morgan fingerprint density at radius 3 is 1.43 bits per heavy atom. The molecule has 0 saturated heterocycles. The van der Waals surface area contributed by atoms with Crippen LogP contribution in [0.3, 0.4) is 0 Å². The van der Waals surface area contributed by atoms with Crippen molar-refractivity contribution in [2.75, 3.05) is 9.80 Å². The molecule has 2 aliphatic rings. The first-order chi connectivity index (χ1) is 31.1. The van der Waals surface area contributed by atoms with Gasteiger partial charge in [-0.1, -0.05) is 115 Å². The molecule has 0 amide bonds. The van der Waals surface area contributed by atoms with Crippen LogP contribution in [0.1, 0.15) is 33.4 Å². The van der Waals surface area contributed by atoms with E-state index in [1.807, 2.05) is 42.5 Å². The molecular weight excluding hydrogens is 765 g/mol. The van der Waals surface area contributed by atoms with Crippen LogP contribution in [0.4, 0.5) is 34.1 Å². The minimum Gasteiger partial charge on any atom is -0.310 e. The highest BCUT2D eigenvalue weighted by molar-refractivity contribution is 6.13. The van der Waals surface area contributed by atoms with Gasteiger partial charge in [-0.2, -0.15) is 10.5 Å². The topological polar surface area (TPSA) is 54.1 Å². The first-order valence-corrected chi connectivity index (χ1v) is 21.2. The Morgan fingerprint density at radius 1 is 0.333 bits per heavy atom. The number of nitriles is 2. The van der Waals surface area contributed by atoms with Crippen molar-refractivity contribution in [1.29, 1.82) is 10.5 Å². The third kappa shape index (κ3) is 5.39. The number of rotatable bonds is 6. The van der Waals surface area contributed by atoms with Crippen molar-refractivity contribution >= 4 is 55.7 Å². The van der Waals surface area contributed by atoms with E-state index >= 15 is 0 Å². The van der Waals surface area contributed by atoms with E-state index in [-0.39, 0.29) is 0 Å². The van der Waals surface area contributed by atoms with Gasteiger partial charge in [-0.15, -0.1) is 0 Å². The number of benzene rings is 10. The standard InChI is InChI=1S/C59H36N4/c60-37-39-23-28-45(29-24-39)62(43-13-3-1-4-14-43)47-32-27-41-34-52-55(35-42(41)33-47)59(53-21-11-9-17-48(53)49-18-10-12-22-54(49)59)56-36-57(50-19-7-8-20-51(50)58(52)56)63(44-15-5-2-6-16-44)46-30-25-40(38-61)26-31-46/h1-36H. The molecule has 0 aliphatic heterocycles. The molecule has 4 nitrogen and oxygen atoms in total. The van der Waals surface area contributed by atoms with Crippen LogP contribution in [0.25, 0.3) is 43.8 Å². The highest BCUT2D eigenvalue weighted by Gasteiger charge is 2.52. The fourth-order valence-corrected chi connectivity index (χ4v) is 10.4. The van der Waals surface area contributed by atoms with E-state index in [1.165, 1.54) is 49.9 Å². The Labute approximate surface area is 366 Å². The van der Waals surface area contributed by atoms with Gasteiger partial charge in [0.2, 0.25) is 0 Å². The Balaban J connectivity index is 1.16. The lowest BCUT2D eigenvalue weighted by Gasteiger charge is -2.33. The number of para-hydroxylation sites is 2. The van der Waals surface area contributed by atoms with Crippen LogP contribution < -0.4 is 9.80 Å². The summed E-state index contributed by atoms with van der Waals surface area (Å²) in [4.78, 5) is 4.61. The van der Waals surface area contributed by atoms with Gasteiger partial charge >= 0.3 is 0 Å². The van der Waals surface area contributed by atoms with E-state index < -0.39 is 5.41 Å². The fraction of sp³-hybridized carbons (Fsp3) is 0.0169. The minimum absolute atomic E-state index is 0.623. The maximum atomic E-state index is 9.77. The molecule has 4 heteroatoms. The van der Waals surface area contributed by atoms with Gasteiger partial charge in [-0.3, -0.25) is 0 Å². The summed E-state index contributed by atoms with van der Waals surface area (Å²) in [5, 5.41) is 24.0. The molecular formula is C59H36N4. The van der Waals surface area contributed by atoms with Gasteiger partial charge in [0.05, 0.1) is 34.4 Å².